The number of rotatable bonds is 2. The second-order valence-electron chi connectivity index (χ2n) is 2.74. The molecule has 0 fully saturated rings. The molecule has 0 aliphatic rings. The molecule has 4 heteroatoms. The third-order valence-corrected chi connectivity index (χ3v) is 1.60. The van der Waals surface area contributed by atoms with Crippen LogP contribution in [-0.2, 0) is 11.2 Å². The zero-order chi connectivity index (χ0) is 10.0. The van der Waals surface area contributed by atoms with Gasteiger partial charge in [0.05, 0.1) is 0 Å². The number of Topliss-reactive ketones (excluding diaryl/α,β-unsaturated/α-hetero) is 1. The van der Waals surface area contributed by atoms with Crippen molar-refractivity contribution in [1.29, 1.82) is 0 Å². The lowest BCUT2D eigenvalue weighted by molar-refractivity contribution is -0.116. The molecule has 0 radical (unpaired) electrons. The molecule has 0 saturated carbocycles. The molecule has 0 bridgehead atoms. The van der Waals surface area contributed by atoms with Gasteiger partial charge in [0.25, 0.3) is 0 Å². The average Bonchev–Trinajstić information content (AvgIpc) is 2.05. The standard InChI is InChI=1S/C9H8F2O2/c1-5(12)4-6-7(10)2-3-8(11)9(6)13/h2-3,13H,4H2,1H3. The number of aromatic hydroxyl groups is 1. The van der Waals surface area contributed by atoms with Gasteiger partial charge in [-0.15, -0.1) is 0 Å². The molecule has 1 N–H and O–H groups in total. The number of carbonyl (C=O) groups excluding carboxylic acids is 1. The maximum Gasteiger partial charge on any atom is 0.165 e. The number of phenolic OH excluding ortho intramolecular Hbond substituents is 1. The first-order chi connectivity index (χ1) is 6.02. The highest BCUT2D eigenvalue weighted by Crippen LogP contribution is 2.24. The molecule has 0 saturated heterocycles. The summed E-state index contributed by atoms with van der Waals surface area (Å²) in [5, 5.41) is 9.06. The Morgan fingerprint density at radius 3 is 2.46 bits per heavy atom. The summed E-state index contributed by atoms with van der Waals surface area (Å²) in [7, 11) is 0. The van der Waals surface area contributed by atoms with Crippen molar-refractivity contribution >= 4 is 5.78 Å². The van der Waals surface area contributed by atoms with Crippen LogP contribution in [0, 0.1) is 11.6 Å². The smallest absolute Gasteiger partial charge is 0.165 e. The quantitative estimate of drug-likeness (QED) is 0.764. The summed E-state index contributed by atoms with van der Waals surface area (Å²) in [6.45, 7) is 1.24. The highest BCUT2D eigenvalue weighted by molar-refractivity contribution is 5.79. The third kappa shape index (κ3) is 2.02. The molecular weight excluding hydrogens is 178 g/mol. The van der Waals surface area contributed by atoms with Gasteiger partial charge in [0, 0.05) is 12.0 Å². The Labute approximate surface area is 73.8 Å². The summed E-state index contributed by atoms with van der Waals surface area (Å²) < 4.78 is 25.6. The Bertz CT molecular complexity index is 348. The van der Waals surface area contributed by atoms with Gasteiger partial charge in [-0.1, -0.05) is 0 Å². The van der Waals surface area contributed by atoms with E-state index in [4.69, 9.17) is 5.11 Å². The highest BCUT2D eigenvalue weighted by atomic mass is 19.1. The van der Waals surface area contributed by atoms with Gasteiger partial charge in [-0.25, -0.2) is 8.78 Å². The summed E-state index contributed by atoms with van der Waals surface area (Å²) in [5.41, 5.74) is -0.285. The first kappa shape index (κ1) is 9.64. The fraction of sp³-hybridized carbons (Fsp3) is 0.222. The molecule has 2 nitrogen and oxygen atoms in total. The Hall–Kier alpha value is -1.45. The molecular formula is C9H8F2O2. The van der Waals surface area contributed by atoms with E-state index in [1.807, 2.05) is 0 Å². The zero-order valence-electron chi connectivity index (χ0n) is 6.97. The van der Waals surface area contributed by atoms with Crippen LogP contribution in [0.1, 0.15) is 12.5 Å². The number of hydrogen-bond donors (Lipinski definition) is 1. The van der Waals surface area contributed by atoms with Gasteiger partial charge >= 0.3 is 0 Å². The number of carbonyl (C=O) groups is 1. The second kappa shape index (κ2) is 3.51. The molecule has 1 aromatic carbocycles. The summed E-state index contributed by atoms with van der Waals surface area (Å²) >= 11 is 0. The SMILES string of the molecule is CC(=O)Cc1c(F)ccc(F)c1O. The normalized spacial score (nSPS) is 10.1. The van der Waals surface area contributed by atoms with Crippen molar-refractivity contribution in [3.63, 3.8) is 0 Å². The summed E-state index contributed by atoms with van der Waals surface area (Å²) in [5.74, 6) is -2.80. The first-order valence-electron chi connectivity index (χ1n) is 3.67. The number of phenols is 1. The van der Waals surface area contributed by atoms with Crippen LogP contribution in [-0.4, -0.2) is 10.9 Å². The van der Waals surface area contributed by atoms with E-state index in [9.17, 15) is 13.6 Å². The average molecular weight is 186 g/mol. The summed E-state index contributed by atoms with van der Waals surface area (Å²) in [4.78, 5) is 10.6. The predicted molar refractivity (Wildman–Crippen MR) is 42.4 cm³/mol. The van der Waals surface area contributed by atoms with Crippen molar-refractivity contribution in [2.75, 3.05) is 0 Å². The molecule has 0 aliphatic heterocycles. The van der Waals surface area contributed by atoms with Crippen molar-refractivity contribution in [2.24, 2.45) is 0 Å². The van der Waals surface area contributed by atoms with Crippen LogP contribution in [0.2, 0.25) is 0 Å². The van der Waals surface area contributed by atoms with Crippen molar-refractivity contribution in [2.45, 2.75) is 13.3 Å². The number of ketones is 1. The molecule has 0 spiro atoms. The molecule has 0 atom stereocenters. The minimum atomic E-state index is -0.919. The topological polar surface area (TPSA) is 37.3 Å². The van der Waals surface area contributed by atoms with Crippen molar-refractivity contribution in [1.82, 2.24) is 0 Å². The van der Waals surface area contributed by atoms with Crippen molar-refractivity contribution in [3.05, 3.63) is 29.3 Å². The van der Waals surface area contributed by atoms with Gasteiger partial charge in [0.15, 0.2) is 11.6 Å². The molecule has 0 aromatic heterocycles. The van der Waals surface area contributed by atoms with Crippen LogP contribution in [0.5, 0.6) is 5.75 Å². The van der Waals surface area contributed by atoms with E-state index in [1.54, 1.807) is 0 Å². The number of halogens is 2. The second-order valence-corrected chi connectivity index (χ2v) is 2.74. The Morgan fingerprint density at radius 2 is 1.92 bits per heavy atom. The Balaban J connectivity index is 3.17. The molecule has 0 amide bonds. The minimum absolute atomic E-state index is 0.285. The first-order valence-corrected chi connectivity index (χ1v) is 3.67. The van der Waals surface area contributed by atoms with Gasteiger partial charge < -0.3 is 5.11 Å². The van der Waals surface area contributed by atoms with E-state index in [2.05, 4.69) is 0 Å². The minimum Gasteiger partial charge on any atom is -0.505 e. The van der Waals surface area contributed by atoms with E-state index >= 15 is 0 Å². The van der Waals surface area contributed by atoms with E-state index in [0.29, 0.717) is 0 Å². The third-order valence-electron chi connectivity index (χ3n) is 1.60. The van der Waals surface area contributed by atoms with Gasteiger partial charge in [-0.2, -0.15) is 0 Å². The molecule has 1 aromatic rings. The Kier molecular flexibility index (Phi) is 2.60. The maximum absolute atomic E-state index is 12.9. The van der Waals surface area contributed by atoms with Gasteiger partial charge in [-0.3, -0.25) is 4.79 Å². The number of benzene rings is 1. The van der Waals surface area contributed by atoms with Gasteiger partial charge in [0.2, 0.25) is 0 Å². The Morgan fingerprint density at radius 1 is 1.38 bits per heavy atom. The van der Waals surface area contributed by atoms with E-state index in [1.165, 1.54) is 6.92 Å². The monoisotopic (exact) mass is 186 g/mol. The zero-order valence-corrected chi connectivity index (χ0v) is 6.97. The highest BCUT2D eigenvalue weighted by Gasteiger charge is 2.13. The molecule has 70 valence electrons. The molecule has 0 heterocycles. The molecule has 1 rings (SSSR count). The maximum atomic E-state index is 12.9. The van der Waals surface area contributed by atoms with Crippen molar-refractivity contribution < 1.29 is 18.7 Å². The van der Waals surface area contributed by atoms with E-state index in [0.717, 1.165) is 12.1 Å². The van der Waals surface area contributed by atoms with Crippen LogP contribution >= 0.6 is 0 Å². The summed E-state index contributed by atoms with van der Waals surface area (Å²) in [6, 6.07) is 1.70. The van der Waals surface area contributed by atoms with Gasteiger partial charge in [-0.05, 0) is 19.1 Å². The van der Waals surface area contributed by atoms with Crippen LogP contribution in [0.4, 0.5) is 8.78 Å². The van der Waals surface area contributed by atoms with Crippen LogP contribution in [0.25, 0.3) is 0 Å². The lowest BCUT2D eigenvalue weighted by Gasteiger charge is -2.04. The predicted octanol–water partition coefficient (Wildman–Crippen LogP) is 1.80. The van der Waals surface area contributed by atoms with Crippen LogP contribution in [0.15, 0.2) is 12.1 Å². The number of hydrogen-bond acceptors (Lipinski definition) is 2. The van der Waals surface area contributed by atoms with Crippen LogP contribution in [0.3, 0.4) is 0 Å². The molecule has 0 unspecified atom stereocenters. The van der Waals surface area contributed by atoms with Gasteiger partial charge in [0.1, 0.15) is 11.6 Å². The van der Waals surface area contributed by atoms with E-state index in [-0.39, 0.29) is 17.8 Å². The fourth-order valence-electron chi connectivity index (χ4n) is 1.00. The molecule has 0 aliphatic carbocycles. The largest absolute Gasteiger partial charge is 0.505 e. The van der Waals surface area contributed by atoms with Crippen LogP contribution < -0.4 is 0 Å². The van der Waals surface area contributed by atoms with E-state index < -0.39 is 17.4 Å². The fourth-order valence-corrected chi connectivity index (χ4v) is 1.00. The summed E-state index contributed by atoms with van der Waals surface area (Å²) in [6.07, 6.45) is -0.296. The van der Waals surface area contributed by atoms with Crippen molar-refractivity contribution in [3.8, 4) is 5.75 Å². The lowest BCUT2D eigenvalue weighted by atomic mass is 10.1. The molecule has 13 heavy (non-hydrogen) atoms. The lowest BCUT2D eigenvalue weighted by Crippen LogP contribution is -2.00.